The van der Waals surface area contributed by atoms with Gasteiger partial charge >= 0.3 is 0 Å². The Morgan fingerprint density at radius 1 is 0.457 bits per heavy atom. The van der Waals surface area contributed by atoms with Crippen LogP contribution in [-0.4, -0.2) is 11.3 Å². The first kappa shape index (κ1) is 42.8. The normalized spacial score (nSPS) is 16.0. The minimum Gasteiger partial charge on any atom is -0.458 e. The number of ether oxygens (including phenoxy) is 1. The molecule has 2 aliphatic heterocycles. The average molecular weight is 907 g/mol. The Morgan fingerprint density at radius 3 is 1.73 bits per heavy atom. The van der Waals surface area contributed by atoms with Crippen molar-refractivity contribution in [1.82, 2.24) is 4.57 Å². The molecular weight excluding hydrogens is 848 g/mol. The maximum atomic E-state index is 7.28. The first-order valence-corrected chi connectivity index (χ1v) is 25.2. The van der Waals surface area contributed by atoms with Gasteiger partial charge in [0.05, 0.1) is 22.4 Å². The molecule has 10 aromatic rings. The van der Waals surface area contributed by atoms with E-state index in [1.54, 1.807) is 0 Å². The number of anilines is 3. The van der Waals surface area contributed by atoms with Crippen LogP contribution in [0.15, 0.2) is 176 Å². The SMILES string of the molecule is CC(C)(C)c1ccc(N2c3cc(C(C)(C)C)cc4c3B(c3cc(C(C)(C)C)ccc3O4)c3cc4c(c(-n5c6ccccc6c6ccccc65)c32)-c2ccccc2C4(C)c2cccc3ccccc23)cc1. The zero-order valence-electron chi connectivity index (χ0n) is 42.1. The summed E-state index contributed by atoms with van der Waals surface area (Å²) in [7, 11) is 0. The highest BCUT2D eigenvalue weighted by atomic mass is 16.5. The maximum absolute atomic E-state index is 7.28. The second-order valence-corrected chi connectivity index (χ2v) is 23.5. The lowest BCUT2D eigenvalue weighted by Crippen LogP contribution is -2.60. The Balaban J connectivity index is 1.28. The summed E-state index contributed by atoms with van der Waals surface area (Å²) in [5, 5.41) is 5.01. The Bertz CT molecular complexity index is 3780. The van der Waals surface area contributed by atoms with E-state index in [2.05, 4.69) is 255 Å². The summed E-state index contributed by atoms with van der Waals surface area (Å²) in [6, 6.07) is 67.2. The van der Waals surface area contributed by atoms with Gasteiger partial charge in [-0.05, 0) is 132 Å². The molecule has 342 valence electrons. The number of hydrogen-bond acceptors (Lipinski definition) is 2. The van der Waals surface area contributed by atoms with Gasteiger partial charge in [0.2, 0.25) is 0 Å². The molecule has 3 aliphatic rings. The van der Waals surface area contributed by atoms with E-state index in [4.69, 9.17) is 4.74 Å². The molecule has 4 heteroatoms. The van der Waals surface area contributed by atoms with Crippen LogP contribution >= 0.6 is 0 Å². The topological polar surface area (TPSA) is 17.4 Å². The minimum atomic E-state index is -0.519. The van der Waals surface area contributed by atoms with E-state index in [1.165, 1.54) is 111 Å². The number of rotatable bonds is 3. The molecule has 1 atom stereocenters. The molecule has 0 spiro atoms. The van der Waals surface area contributed by atoms with Crippen molar-refractivity contribution in [3.63, 3.8) is 0 Å². The van der Waals surface area contributed by atoms with E-state index in [9.17, 15) is 0 Å². The van der Waals surface area contributed by atoms with E-state index < -0.39 is 5.41 Å². The molecule has 0 saturated carbocycles. The fourth-order valence-corrected chi connectivity index (χ4v) is 12.4. The lowest BCUT2D eigenvalue weighted by molar-refractivity contribution is 0.482. The van der Waals surface area contributed by atoms with E-state index in [-0.39, 0.29) is 23.0 Å². The third-order valence-corrected chi connectivity index (χ3v) is 16.2. The molecule has 1 aromatic heterocycles. The first-order valence-electron chi connectivity index (χ1n) is 25.2. The van der Waals surface area contributed by atoms with Crippen LogP contribution in [0.3, 0.4) is 0 Å². The second kappa shape index (κ2) is 14.6. The molecule has 70 heavy (non-hydrogen) atoms. The van der Waals surface area contributed by atoms with Crippen molar-refractivity contribution >= 4 is 72.7 Å². The van der Waals surface area contributed by atoms with Crippen LogP contribution in [0.5, 0.6) is 11.5 Å². The number of fused-ring (bicyclic) bond motifs is 11. The van der Waals surface area contributed by atoms with Crippen LogP contribution in [-0.2, 0) is 21.7 Å². The van der Waals surface area contributed by atoms with E-state index >= 15 is 0 Å². The maximum Gasteiger partial charge on any atom is 0.256 e. The van der Waals surface area contributed by atoms with Gasteiger partial charge in [-0.1, -0.05) is 196 Å². The molecule has 0 bridgehead atoms. The lowest BCUT2D eigenvalue weighted by Gasteiger charge is -2.43. The predicted molar refractivity (Wildman–Crippen MR) is 298 cm³/mol. The van der Waals surface area contributed by atoms with Gasteiger partial charge in [0.1, 0.15) is 11.5 Å². The van der Waals surface area contributed by atoms with Gasteiger partial charge in [-0.15, -0.1) is 0 Å². The fourth-order valence-electron chi connectivity index (χ4n) is 12.4. The number of para-hydroxylation sites is 2. The first-order chi connectivity index (χ1) is 33.5. The largest absolute Gasteiger partial charge is 0.458 e. The molecule has 1 unspecified atom stereocenters. The number of hydrogen-bond donors (Lipinski definition) is 0. The standard InChI is InChI=1S/C66H59BN2O/c1-63(2,3)41-30-33-44(34-31-41)68-56-37-43(65(7,8)9)38-58-60(56)67(52-36-42(64(4,5)6)32-35-57(52)70-58)53-39-51-59(62(61(53)68)69-54-28-17-14-23-46(54)47-24-15-18-29-55(47)69)48-25-13-16-26-50(48)66(51,10)49-27-19-21-40-20-11-12-22-45(40)49/h11-39H,1-10H3. The van der Waals surface area contributed by atoms with Crippen molar-refractivity contribution in [3.8, 4) is 28.3 Å². The van der Waals surface area contributed by atoms with Crippen molar-refractivity contribution in [2.24, 2.45) is 0 Å². The zero-order valence-corrected chi connectivity index (χ0v) is 42.1. The zero-order chi connectivity index (χ0) is 48.2. The van der Waals surface area contributed by atoms with Gasteiger partial charge in [-0.2, -0.15) is 0 Å². The summed E-state index contributed by atoms with van der Waals surface area (Å²) >= 11 is 0. The summed E-state index contributed by atoms with van der Waals surface area (Å²) in [5.41, 5.74) is 20.4. The molecule has 3 heterocycles. The summed E-state index contributed by atoms with van der Waals surface area (Å²) < 4.78 is 9.91. The molecule has 1 aliphatic carbocycles. The fraction of sp³-hybridized carbons (Fsp3) is 0.212. The number of benzene rings is 9. The molecule has 3 nitrogen and oxygen atoms in total. The highest BCUT2D eigenvalue weighted by molar-refractivity contribution is 6.99. The summed E-state index contributed by atoms with van der Waals surface area (Å²) in [5.74, 6) is 1.86. The predicted octanol–water partition coefficient (Wildman–Crippen LogP) is 15.6. The Labute approximate surface area is 413 Å². The molecule has 0 fully saturated rings. The Morgan fingerprint density at radius 2 is 1.04 bits per heavy atom. The van der Waals surface area contributed by atoms with Gasteiger partial charge in [0, 0.05) is 33.1 Å². The van der Waals surface area contributed by atoms with Crippen LogP contribution in [0.1, 0.15) is 103 Å². The summed E-state index contributed by atoms with van der Waals surface area (Å²) in [4.78, 5) is 2.63. The van der Waals surface area contributed by atoms with Crippen molar-refractivity contribution in [2.75, 3.05) is 4.90 Å². The van der Waals surface area contributed by atoms with Crippen LogP contribution < -0.4 is 26.0 Å². The van der Waals surface area contributed by atoms with Crippen LogP contribution in [0.2, 0.25) is 0 Å². The highest BCUT2D eigenvalue weighted by Crippen LogP contribution is 2.59. The van der Waals surface area contributed by atoms with E-state index in [1.807, 2.05) is 0 Å². The highest BCUT2D eigenvalue weighted by Gasteiger charge is 2.50. The Kier molecular flexibility index (Phi) is 8.94. The van der Waals surface area contributed by atoms with Gasteiger partial charge in [0.25, 0.3) is 6.71 Å². The molecule has 0 radical (unpaired) electrons. The van der Waals surface area contributed by atoms with Gasteiger partial charge < -0.3 is 14.2 Å². The molecule has 0 saturated heterocycles. The van der Waals surface area contributed by atoms with Crippen LogP contribution in [0, 0.1) is 0 Å². The molecule has 0 N–H and O–H groups in total. The van der Waals surface area contributed by atoms with Crippen LogP contribution in [0.4, 0.5) is 17.1 Å². The van der Waals surface area contributed by atoms with Gasteiger partial charge in [-0.3, -0.25) is 0 Å². The molecular formula is C66H59BN2O. The van der Waals surface area contributed by atoms with Crippen LogP contribution in [0.25, 0.3) is 49.4 Å². The second-order valence-electron chi connectivity index (χ2n) is 23.5. The van der Waals surface area contributed by atoms with E-state index in [0.29, 0.717) is 0 Å². The monoisotopic (exact) mass is 906 g/mol. The van der Waals surface area contributed by atoms with Gasteiger partial charge in [0.15, 0.2) is 0 Å². The van der Waals surface area contributed by atoms with E-state index in [0.717, 1.165) is 17.2 Å². The van der Waals surface area contributed by atoms with Crippen molar-refractivity contribution in [2.45, 2.75) is 90.9 Å². The molecule has 9 aromatic carbocycles. The lowest BCUT2D eigenvalue weighted by atomic mass is 9.33. The summed E-state index contributed by atoms with van der Waals surface area (Å²) in [6.07, 6.45) is 0. The number of aromatic nitrogens is 1. The molecule has 0 amide bonds. The smallest absolute Gasteiger partial charge is 0.256 e. The third-order valence-electron chi connectivity index (χ3n) is 16.2. The van der Waals surface area contributed by atoms with Crippen molar-refractivity contribution in [1.29, 1.82) is 0 Å². The number of nitrogens with zero attached hydrogens (tertiary/aromatic N) is 2. The van der Waals surface area contributed by atoms with Gasteiger partial charge in [-0.25, -0.2) is 0 Å². The third kappa shape index (κ3) is 6.01. The quantitative estimate of drug-likeness (QED) is 0.164. The molecule has 13 rings (SSSR count). The minimum absolute atomic E-state index is 0.0121. The van der Waals surface area contributed by atoms with Crippen molar-refractivity contribution < 1.29 is 4.74 Å². The Hall–Kier alpha value is -7.30. The average Bonchev–Trinajstić information content (AvgIpc) is 3.81. The summed E-state index contributed by atoms with van der Waals surface area (Å²) in [6.45, 7) is 23.2. The van der Waals surface area contributed by atoms with Crippen molar-refractivity contribution in [3.05, 3.63) is 209 Å².